The van der Waals surface area contributed by atoms with E-state index in [9.17, 15) is 4.79 Å². The van der Waals surface area contributed by atoms with E-state index in [1.165, 1.54) is 19.3 Å². The topological polar surface area (TPSA) is 45.2 Å². The van der Waals surface area contributed by atoms with E-state index in [0.717, 1.165) is 31.7 Å². The van der Waals surface area contributed by atoms with Gasteiger partial charge in [-0.2, -0.15) is 0 Å². The minimum absolute atomic E-state index is 0.265. The average Bonchev–Trinajstić information content (AvgIpc) is 2.85. The maximum atomic E-state index is 12.3. The van der Waals surface area contributed by atoms with Crippen LogP contribution in [0.3, 0.4) is 0 Å². The van der Waals surface area contributed by atoms with Gasteiger partial charge in [-0.1, -0.05) is 0 Å². The molecular weight excluding hydrogens is 238 g/mol. The molecule has 2 fully saturated rings. The normalized spacial score (nSPS) is 21.8. The Kier molecular flexibility index (Phi) is 3.51. The SMILES string of the molecule is O=C(Cc1ccncc1)N1CCC2(CCNCC2)C1. The lowest BCUT2D eigenvalue weighted by molar-refractivity contribution is -0.129. The largest absolute Gasteiger partial charge is 0.342 e. The monoisotopic (exact) mass is 259 g/mol. The second kappa shape index (κ2) is 5.29. The number of piperidine rings is 1. The highest BCUT2D eigenvalue weighted by atomic mass is 16.2. The van der Waals surface area contributed by atoms with Gasteiger partial charge in [0.2, 0.25) is 5.91 Å². The molecule has 0 atom stereocenters. The average molecular weight is 259 g/mol. The molecule has 2 aliphatic rings. The van der Waals surface area contributed by atoms with Crippen molar-refractivity contribution in [2.75, 3.05) is 26.2 Å². The molecule has 102 valence electrons. The quantitative estimate of drug-likeness (QED) is 0.869. The smallest absolute Gasteiger partial charge is 0.227 e. The highest BCUT2D eigenvalue weighted by Crippen LogP contribution is 2.38. The van der Waals surface area contributed by atoms with E-state index in [2.05, 4.69) is 15.2 Å². The zero-order chi connectivity index (χ0) is 13.1. The fraction of sp³-hybridized carbons (Fsp3) is 0.600. The number of carbonyl (C=O) groups is 1. The maximum absolute atomic E-state index is 12.3. The third kappa shape index (κ3) is 2.78. The van der Waals surface area contributed by atoms with Crippen molar-refractivity contribution >= 4 is 5.91 Å². The van der Waals surface area contributed by atoms with Gasteiger partial charge in [0.1, 0.15) is 0 Å². The molecule has 0 bridgehead atoms. The van der Waals surface area contributed by atoms with Gasteiger partial charge < -0.3 is 10.2 Å². The van der Waals surface area contributed by atoms with Crippen molar-refractivity contribution in [2.24, 2.45) is 5.41 Å². The Morgan fingerprint density at radius 2 is 2.00 bits per heavy atom. The van der Waals surface area contributed by atoms with Gasteiger partial charge in [0.05, 0.1) is 6.42 Å². The van der Waals surface area contributed by atoms with E-state index < -0.39 is 0 Å². The molecule has 0 radical (unpaired) electrons. The summed E-state index contributed by atoms with van der Waals surface area (Å²) in [6.45, 7) is 4.10. The van der Waals surface area contributed by atoms with Gasteiger partial charge in [-0.3, -0.25) is 9.78 Å². The predicted octanol–water partition coefficient (Wildman–Crippen LogP) is 1.23. The van der Waals surface area contributed by atoms with Gasteiger partial charge >= 0.3 is 0 Å². The van der Waals surface area contributed by atoms with Crippen LogP contribution < -0.4 is 5.32 Å². The van der Waals surface area contributed by atoms with Crippen LogP contribution in [0.15, 0.2) is 24.5 Å². The van der Waals surface area contributed by atoms with Crippen molar-refractivity contribution in [1.82, 2.24) is 15.2 Å². The summed E-state index contributed by atoms with van der Waals surface area (Å²) in [4.78, 5) is 18.4. The summed E-state index contributed by atoms with van der Waals surface area (Å²) in [5.41, 5.74) is 1.46. The van der Waals surface area contributed by atoms with E-state index in [4.69, 9.17) is 0 Å². The third-order valence-electron chi connectivity index (χ3n) is 4.56. The summed E-state index contributed by atoms with van der Waals surface area (Å²) in [5, 5.41) is 3.41. The fourth-order valence-corrected chi connectivity index (χ4v) is 3.30. The molecule has 2 saturated heterocycles. The highest BCUT2D eigenvalue weighted by molar-refractivity contribution is 5.79. The van der Waals surface area contributed by atoms with Crippen molar-refractivity contribution in [3.63, 3.8) is 0 Å². The summed E-state index contributed by atoms with van der Waals surface area (Å²) in [6.07, 6.45) is 7.62. The Labute approximate surface area is 114 Å². The van der Waals surface area contributed by atoms with Crippen molar-refractivity contribution < 1.29 is 4.79 Å². The number of pyridine rings is 1. The zero-order valence-electron chi connectivity index (χ0n) is 11.3. The molecular formula is C15H21N3O. The first-order valence-electron chi connectivity index (χ1n) is 7.15. The van der Waals surface area contributed by atoms with Gasteiger partial charge in [-0.05, 0) is 55.5 Å². The van der Waals surface area contributed by atoms with Crippen LogP contribution in [0.25, 0.3) is 0 Å². The van der Waals surface area contributed by atoms with E-state index in [1.807, 2.05) is 12.1 Å². The predicted molar refractivity (Wildman–Crippen MR) is 73.7 cm³/mol. The third-order valence-corrected chi connectivity index (χ3v) is 4.56. The first-order chi connectivity index (χ1) is 9.27. The lowest BCUT2D eigenvalue weighted by Crippen LogP contribution is -2.40. The van der Waals surface area contributed by atoms with Gasteiger partial charge in [-0.25, -0.2) is 0 Å². The lowest BCUT2D eigenvalue weighted by atomic mass is 9.78. The number of nitrogens with zero attached hydrogens (tertiary/aromatic N) is 2. The first kappa shape index (κ1) is 12.6. The number of aromatic nitrogens is 1. The molecule has 1 amide bonds. The summed E-state index contributed by atoms with van der Waals surface area (Å²) >= 11 is 0. The number of rotatable bonds is 2. The van der Waals surface area contributed by atoms with E-state index >= 15 is 0 Å². The Hall–Kier alpha value is -1.42. The summed E-state index contributed by atoms with van der Waals surface area (Å²) in [6, 6.07) is 3.85. The molecule has 3 rings (SSSR count). The van der Waals surface area contributed by atoms with Crippen LogP contribution in [0.4, 0.5) is 0 Å². The number of carbonyl (C=O) groups excluding carboxylic acids is 1. The van der Waals surface area contributed by atoms with Gasteiger partial charge in [0, 0.05) is 25.5 Å². The van der Waals surface area contributed by atoms with E-state index in [0.29, 0.717) is 11.8 Å². The Morgan fingerprint density at radius 3 is 2.74 bits per heavy atom. The van der Waals surface area contributed by atoms with Crippen LogP contribution in [0, 0.1) is 5.41 Å². The standard InChI is InChI=1S/C15H21N3O/c19-14(11-13-1-6-16-7-2-13)18-10-5-15(12-18)3-8-17-9-4-15/h1-2,6-7,17H,3-5,8-12H2. The molecule has 1 spiro atoms. The molecule has 3 heterocycles. The highest BCUT2D eigenvalue weighted by Gasteiger charge is 2.40. The summed E-state index contributed by atoms with van der Waals surface area (Å²) < 4.78 is 0. The molecule has 1 N–H and O–H groups in total. The van der Waals surface area contributed by atoms with Crippen molar-refractivity contribution in [3.05, 3.63) is 30.1 Å². The number of hydrogen-bond acceptors (Lipinski definition) is 3. The lowest BCUT2D eigenvalue weighted by Gasteiger charge is -2.33. The van der Waals surface area contributed by atoms with Gasteiger partial charge in [-0.15, -0.1) is 0 Å². The Bertz CT molecular complexity index is 440. The van der Waals surface area contributed by atoms with Crippen molar-refractivity contribution in [3.8, 4) is 0 Å². The van der Waals surface area contributed by atoms with Crippen LogP contribution in [-0.2, 0) is 11.2 Å². The minimum atomic E-state index is 0.265. The van der Waals surface area contributed by atoms with Crippen molar-refractivity contribution in [1.29, 1.82) is 0 Å². The molecule has 1 aromatic heterocycles. The number of likely N-dealkylation sites (tertiary alicyclic amines) is 1. The molecule has 2 aliphatic heterocycles. The van der Waals surface area contributed by atoms with Crippen LogP contribution >= 0.6 is 0 Å². The zero-order valence-corrected chi connectivity index (χ0v) is 11.3. The second-order valence-corrected chi connectivity index (χ2v) is 5.85. The Balaban J connectivity index is 1.60. The fourth-order valence-electron chi connectivity index (χ4n) is 3.30. The number of hydrogen-bond donors (Lipinski definition) is 1. The van der Waals surface area contributed by atoms with Gasteiger partial charge in [0.15, 0.2) is 0 Å². The van der Waals surface area contributed by atoms with Gasteiger partial charge in [0.25, 0.3) is 0 Å². The molecule has 0 aromatic carbocycles. The van der Waals surface area contributed by atoms with E-state index in [1.54, 1.807) is 12.4 Å². The van der Waals surface area contributed by atoms with Crippen LogP contribution in [0.5, 0.6) is 0 Å². The molecule has 19 heavy (non-hydrogen) atoms. The van der Waals surface area contributed by atoms with Crippen LogP contribution in [-0.4, -0.2) is 42.0 Å². The van der Waals surface area contributed by atoms with E-state index in [-0.39, 0.29) is 5.91 Å². The molecule has 1 aromatic rings. The molecule has 0 aliphatic carbocycles. The Morgan fingerprint density at radius 1 is 1.26 bits per heavy atom. The molecule has 0 unspecified atom stereocenters. The summed E-state index contributed by atoms with van der Waals surface area (Å²) in [5.74, 6) is 0.265. The van der Waals surface area contributed by atoms with Crippen LogP contribution in [0.2, 0.25) is 0 Å². The molecule has 0 saturated carbocycles. The number of amides is 1. The second-order valence-electron chi connectivity index (χ2n) is 5.85. The minimum Gasteiger partial charge on any atom is -0.342 e. The number of nitrogens with one attached hydrogen (secondary N) is 1. The van der Waals surface area contributed by atoms with Crippen LogP contribution in [0.1, 0.15) is 24.8 Å². The summed E-state index contributed by atoms with van der Waals surface area (Å²) in [7, 11) is 0. The molecule has 4 nitrogen and oxygen atoms in total. The first-order valence-corrected chi connectivity index (χ1v) is 7.15. The van der Waals surface area contributed by atoms with Crippen molar-refractivity contribution in [2.45, 2.75) is 25.7 Å². The maximum Gasteiger partial charge on any atom is 0.227 e. The molecule has 4 heteroatoms.